The molecule has 1 aliphatic rings. The van der Waals surface area contributed by atoms with Crippen LogP contribution in [0, 0.1) is 0 Å². The van der Waals surface area contributed by atoms with Gasteiger partial charge >= 0.3 is 6.18 Å². The van der Waals surface area contributed by atoms with Gasteiger partial charge in [-0.25, -0.2) is 0 Å². The van der Waals surface area contributed by atoms with E-state index in [0.29, 0.717) is 12.1 Å². The molecule has 1 amide bonds. The highest BCUT2D eigenvalue weighted by Gasteiger charge is 2.44. The number of amides is 1. The standard InChI is InChI=1S/C18H23F3N6O/c1-22-13-8-17(23-2,24-3)14-10(13)6-5-7-12(14)25-16(28)11-9-27(4)26-15(11)18(19,20)21/h5-7,9,13,22-24H,8H2,1-4H3,(H,25,28). The predicted octanol–water partition coefficient (Wildman–Crippen LogP) is 1.95. The summed E-state index contributed by atoms with van der Waals surface area (Å²) in [5.41, 5.74) is -0.149. The summed E-state index contributed by atoms with van der Waals surface area (Å²) in [6.45, 7) is 0. The number of alkyl halides is 3. The van der Waals surface area contributed by atoms with Crippen LogP contribution in [-0.4, -0.2) is 36.8 Å². The zero-order valence-corrected chi connectivity index (χ0v) is 16.0. The van der Waals surface area contributed by atoms with Crippen LogP contribution < -0.4 is 21.3 Å². The Bertz CT molecular complexity index is 888. The Morgan fingerprint density at radius 3 is 2.50 bits per heavy atom. The summed E-state index contributed by atoms with van der Waals surface area (Å²) in [7, 11) is 6.77. The molecule has 3 rings (SSSR count). The van der Waals surface area contributed by atoms with Gasteiger partial charge < -0.3 is 10.6 Å². The van der Waals surface area contributed by atoms with Crippen molar-refractivity contribution in [3.05, 3.63) is 46.8 Å². The van der Waals surface area contributed by atoms with Crippen LogP contribution in [0.5, 0.6) is 0 Å². The second kappa shape index (κ2) is 7.19. The first-order chi connectivity index (χ1) is 13.2. The van der Waals surface area contributed by atoms with Crippen LogP contribution in [0.15, 0.2) is 24.4 Å². The molecule has 4 N–H and O–H groups in total. The summed E-state index contributed by atoms with van der Waals surface area (Å²) in [6.07, 6.45) is -2.98. The van der Waals surface area contributed by atoms with Crippen LogP contribution >= 0.6 is 0 Å². The molecule has 1 aliphatic carbocycles. The second-order valence-corrected chi connectivity index (χ2v) is 6.74. The molecule has 0 bridgehead atoms. The summed E-state index contributed by atoms with van der Waals surface area (Å²) in [4.78, 5) is 12.7. The van der Waals surface area contributed by atoms with Crippen LogP contribution in [0.25, 0.3) is 0 Å². The molecule has 1 unspecified atom stereocenters. The van der Waals surface area contributed by atoms with E-state index >= 15 is 0 Å². The Morgan fingerprint density at radius 2 is 1.93 bits per heavy atom. The number of hydrogen-bond donors (Lipinski definition) is 4. The van der Waals surface area contributed by atoms with Gasteiger partial charge in [0.15, 0.2) is 5.69 Å². The first kappa shape index (κ1) is 20.3. The van der Waals surface area contributed by atoms with Crippen molar-refractivity contribution in [2.75, 3.05) is 26.5 Å². The van der Waals surface area contributed by atoms with E-state index in [1.54, 1.807) is 26.2 Å². The highest BCUT2D eigenvalue weighted by atomic mass is 19.4. The molecule has 152 valence electrons. The van der Waals surface area contributed by atoms with Crippen molar-refractivity contribution in [3.8, 4) is 0 Å². The monoisotopic (exact) mass is 396 g/mol. The maximum Gasteiger partial charge on any atom is 0.435 e. The van der Waals surface area contributed by atoms with Crippen molar-refractivity contribution >= 4 is 11.6 Å². The Kier molecular flexibility index (Phi) is 5.22. The first-order valence-corrected chi connectivity index (χ1v) is 8.77. The fraction of sp³-hybridized carbons (Fsp3) is 0.444. The largest absolute Gasteiger partial charge is 0.435 e. The number of anilines is 1. The first-order valence-electron chi connectivity index (χ1n) is 8.77. The molecular formula is C18H23F3N6O. The van der Waals surface area contributed by atoms with E-state index in [0.717, 1.165) is 22.0 Å². The molecule has 0 saturated carbocycles. The molecular weight excluding hydrogens is 373 g/mol. The van der Waals surface area contributed by atoms with Crippen LogP contribution in [-0.2, 0) is 18.9 Å². The lowest BCUT2D eigenvalue weighted by molar-refractivity contribution is -0.141. The SMILES string of the molecule is CNC1CC(NC)(NC)c2c(NC(=O)c3cn(C)nc3C(F)(F)F)cccc21. The van der Waals surface area contributed by atoms with E-state index in [4.69, 9.17) is 0 Å². The quantitative estimate of drug-likeness (QED) is 0.581. The number of carbonyl (C=O) groups excluding carboxylic acids is 1. The van der Waals surface area contributed by atoms with Crippen molar-refractivity contribution in [3.63, 3.8) is 0 Å². The van der Waals surface area contributed by atoms with E-state index in [1.807, 2.05) is 13.1 Å². The average Bonchev–Trinajstić information content (AvgIpc) is 3.21. The Morgan fingerprint density at radius 1 is 1.25 bits per heavy atom. The van der Waals surface area contributed by atoms with Crippen LogP contribution in [0.3, 0.4) is 0 Å². The highest BCUT2D eigenvalue weighted by Crippen LogP contribution is 2.45. The lowest BCUT2D eigenvalue weighted by Crippen LogP contribution is -2.50. The van der Waals surface area contributed by atoms with Gasteiger partial charge in [-0.3, -0.25) is 20.1 Å². The van der Waals surface area contributed by atoms with Crippen molar-refractivity contribution in [2.45, 2.75) is 24.3 Å². The fourth-order valence-corrected chi connectivity index (χ4v) is 3.85. The molecule has 2 aromatic rings. The number of aryl methyl sites for hydroxylation is 1. The number of fused-ring (bicyclic) bond motifs is 1. The second-order valence-electron chi connectivity index (χ2n) is 6.74. The molecule has 0 fully saturated rings. The number of nitrogens with zero attached hydrogens (tertiary/aromatic N) is 2. The topological polar surface area (TPSA) is 83.0 Å². The summed E-state index contributed by atoms with van der Waals surface area (Å²) >= 11 is 0. The van der Waals surface area contributed by atoms with Crippen molar-refractivity contribution in [1.82, 2.24) is 25.7 Å². The van der Waals surface area contributed by atoms with Gasteiger partial charge in [0.25, 0.3) is 5.91 Å². The summed E-state index contributed by atoms with van der Waals surface area (Å²) < 4.78 is 40.7. The zero-order valence-electron chi connectivity index (χ0n) is 16.0. The third-order valence-corrected chi connectivity index (χ3v) is 5.20. The van der Waals surface area contributed by atoms with Crippen molar-refractivity contribution in [1.29, 1.82) is 0 Å². The number of hydrogen-bond acceptors (Lipinski definition) is 5. The molecule has 1 aromatic carbocycles. The number of halogens is 3. The molecule has 1 atom stereocenters. The maximum atomic E-state index is 13.2. The van der Waals surface area contributed by atoms with Gasteiger partial charge in [-0.2, -0.15) is 18.3 Å². The minimum absolute atomic E-state index is 0.0240. The minimum atomic E-state index is -4.72. The lowest BCUT2D eigenvalue weighted by Gasteiger charge is -2.31. The number of nitrogens with one attached hydrogen (secondary N) is 4. The molecule has 10 heteroatoms. The van der Waals surface area contributed by atoms with E-state index < -0.39 is 29.0 Å². The Hall–Kier alpha value is -2.43. The summed E-state index contributed by atoms with van der Waals surface area (Å²) in [6, 6.07) is 5.42. The predicted molar refractivity (Wildman–Crippen MR) is 98.8 cm³/mol. The smallest absolute Gasteiger partial charge is 0.321 e. The van der Waals surface area contributed by atoms with Gasteiger partial charge in [-0.15, -0.1) is 0 Å². The molecule has 0 saturated heterocycles. The Balaban J connectivity index is 2.04. The molecule has 28 heavy (non-hydrogen) atoms. The van der Waals surface area contributed by atoms with Gasteiger partial charge in [0.05, 0.1) is 11.2 Å². The number of benzene rings is 1. The third-order valence-electron chi connectivity index (χ3n) is 5.20. The third kappa shape index (κ3) is 3.27. The number of carbonyl (C=O) groups is 1. The van der Waals surface area contributed by atoms with Crippen molar-refractivity contribution in [2.24, 2.45) is 7.05 Å². The van der Waals surface area contributed by atoms with Crippen molar-refractivity contribution < 1.29 is 18.0 Å². The molecule has 0 aliphatic heterocycles. The molecule has 1 heterocycles. The summed E-state index contributed by atoms with van der Waals surface area (Å²) in [5.74, 6) is -0.858. The molecule has 0 radical (unpaired) electrons. The molecule has 0 spiro atoms. The lowest BCUT2D eigenvalue weighted by atomic mass is 9.99. The van der Waals surface area contributed by atoms with Gasteiger partial charge in [0.1, 0.15) is 0 Å². The van der Waals surface area contributed by atoms with Crippen LogP contribution in [0.1, 0.15) is 39.6 Å². The van der Waals surface area contributed by atoms with E-state index in [9.17, 15) is 18.0 Å². The number of rotatable bonds is 5. The van der Waals surface area contributed by atoms with Crippen LogP contribution in [0.4, 0.5) is 18.9 Å². The Labute approximate surface area is 160 Å². The zero-order chi connectivity index (χ0) is 20.7. The fourth-order valence-electron chi connectivity index (χ4n) is 3.85. The summed E-state index contributed by atoms with van der Waals surface area (Å²) in [5, 5.41) is 15.8. The van der Waals surface area contributed by atoms with Crippen LogP contribution in [0.2, 0.25) is 0 Å². The van der Waals surface area contributed by atoms with Gasteiger partial charge in [0.2, 0.25) is 0 Å². The van der Waals surface area contributed by atoms with E-state index in [1.165, 1.54) is 7.05 Å². The van der Waals surface area contributed by atoms with E-state index in [-0.39, 0.29) is 6.04 Å². The highest BCUT2D eigenvalue weighted by molar-refractivity contribution is 6.05. The maximum absolute atomic E-state index is 13.2. The normalized spacial score (nSPS) is 18.2. The van der Waals surface area contributed by atoms with E-state index in [2.05, 4.69) is 26.4 Å². The number of aromatic nitrogens is 2. The minimum Gasteiger partial charge on any atom is -0.321 e. The van der Waals surface area contributed by atoms with Gasteiger partial charge in [0, 0.05) is 37.0 Å². The average molecular weight is 396 g/mol. The molecule has 1 aromatic heterocycles. The van der Waals surface area contributed by atoms with Gasteiger partial charge in [-0.1, -0.05) is 12.1 Å². The molecule has 7 nitrogen and oxygen atoms in total. The van der Waals surface area contributed by atoms with Gasteiger partial charge in [-0.05, 0) is 32.8 Å².